The molecule has 14 nitrogen and oxygen atoms in total. The maximum Gasteiger partial charge on any atom is 0.421 e. The Morgan fingerprint density at radius 1 is 0.803 bits per heavy atom. The zero-order valence-electron chi connectivity index (χ0n) is 39.5. The number of amides is 3. The van der Waals surface area contributed by atoms with Gasteiger partial charge in [-0.05, 0) is 108 Å². The number of anilines is 3. The number of allylic oxidation sites excluding steroid dienone is 2. The maximum absolute atomic E-state index is 16.5. The highest BCUT2D eigenvalue weighted by atomic mass is 16.6. The van der Waals surface area contributed by atoms with E-state index in [1.54, 1.807) is 42.5 Å². The number of hydrogen-bond acceptors (Lipinski definition) is 12. The molecule has 0 unspecified atom stereocenters. The molecule has 3 fully saturated rings. The van der Waals surface area contributed by atoms with Gasteiger partial charge in [-0.15, -0.1) is 0 Å². The number of nitrogens with zero attached hydrogens (tertiary/aromatic N) is 3. The number of rotatable bonds is 12. The Morgan fingerprint density at radius 2 is 1.54 bits per heavy atom. The van der Waals surface area contributed by atoms with Gasteiger partial charge in [0.2, 0.25) is 11.8 Å². The summed E-state index contributed by atoms with van der Waals surface area (Å²) in [6.45, 7) is 2.39. The van der Waals surface area contributed by atoms with Crippen molar-refractivity contribution in [2.24, 2.45) is 5.92 Å². The molecule has 14 heteroatoms. The molecule has 0 aromatic heterocycles. The number of aliphatic hydroxyl groups is 1. The monoisotopic (exact) mass is 956 g/mol. The van der Waals surface area contributed by atoms with Crippen LogP contribution in [0.2, 0.25) is 0 Å². The minimum Gasteiger partial charge on any atom is -0.491 e. The molecule has 10 rings (SSSR count). The summed E-state index contributed by atoms with van der Waals surface area (Å²) in [6.07, 6.45) is 4.19. The fourth-order valence-electron chi connectivity index (χ4n) is 11.1. The summed E-state index contributed by atoms with van der Waals surface area (Å²) in [5.74, 6) is 3.53. The molecule has 1 spiro atoms. The summed E-state index contributed by atoms with van der Waals surface area (Å²) in [5, 5.41) is 12.8. The second-order valence-electron chi connectivity index (χ2n) is 18.2. The Bertz CT molecular complexity index is 2840. The molecule has 4 aliphatic heterocycles. The van der Waals surface area contributed by atoms with Gasteiger partial charge in [0.05, 0.1) is 50.1 Å². The zero-order valence-corrected chi connectivity index (χ0v) is 39.5. The predicted octanol–water partition coefficient (Wildman–Crippen LogP) is 7.83. The molecule has 5 aromatic carbocycles. The van der Waals surface area contributed by atoms with E-state index in [2.05, 4.69) is 28.1 Å². The summed E-state index contributed by atoms with van der Waals surface area (Å²) in [5.41, 5.74) is 3.49. The lowest BCUT2D eigenvalue weighted by Gasteiger charge is -2.46. The van der Waals surface area contributed by atoms with E-state index < -0.39 is 59.4 Å². The van der Waals surface area contributed by atoms with Gasteiger partial charge in [0.25, 0.3) is 0 Å². The molecule has 0 radical (unpaired) electrons. The molecule has 364 valence electrons. The fraction of sp³-hybridized carbons (Fsp3) is 0.333. The summed E-state index contributed by atoms with van der Waals surface area (Å²) < 4.78 is 29.0. The second-order valence-corrected chi connectivity index (χ2v) is 18.2. The molecule has 1 aliphatic carbocycles. The number of carbonyl (C=O) groups is 4. The highest BCUT2D eigenvalue weighted by Gasteiger charge is 2.75. The highest BCUT2D eigenvalue weighted by molar-refractivity contribution is 6.24. The first-order chi connectivity index (χ1) is 34.8. The van der Waals surface area contributed by atoms with Crippen molar-refractivity contribution in [3.63, 3.8) is 0 Å². The highest BCUT2D eigenvalue weighted by Crippen LogP contribution is 2.66. The number of fused-ring (bicyclic) bond motifs is 3. The average Bonchev–Trinajstić information content (AvgIpc) is 3.87. The lowest BCUT2D eigenvalue weighted by atomic mass is 9.65. The number of methoxy groups -OCH3 is 1. The molecule has 4 heterocycles. The number of imide groups is 1. The van der Waals surface area contributed by atoms with Gasteiger partial charge < -0.3 is 39.0 Å². The Hall–Kier alpha value is -7.28. The molecule has 0 bridgehead atoms. The van der Waals surface area contributed by atoms with Crippen LogP contribution in [0.25, 0.3) is 0 Å². The minimum absolute atomic E-state index is 0.0456. The first kappa shape index (κ1) is 47.4. The summed E-state index contributed by atoms with van der Waals surface area (Å²) in [4.78, 5) is 67.8. The van der Waals surface area contributed by atoms with Gasteiger partial charge in [0.15, 0.2) is 0 Å². The van der Waals surface area contributed by atoms with E-state index in [0.29, 0.717) is 60.0 Å². The zero-order chi connectivity index (χ0) is 48.9. The van der Waals surface area contributed by atoms with E-state index in [-0.39, 0.29) is 32.1 Å². The number of ether oxygens (including phenoxy) is 5. The number of hydrogen-bond donors (Lipinski definition) is 2. The van der Waals surface area contributed by atoms with Crippen LogP contribution in [0, 0.1) is 17.8 Å². The molecule has 71 heavy (non-hydrogen) atoms. The van der Waals surface area contributed by atoms with E-state index in [0.717, 1.165) is 47.4 Å². The van der Waals surface area contributed by atoms with Crippen molar-refractivity contribution in [1.29, 1.82) is 0 Å². The average molecular weight is 957 g/mol. The minimum atomic E-state index is -2.02. The van der Waals surface area contributed by atoms with Crippen LogP contribution in [-0.4, -0.2) is 99.8 Å². The molecule has 3 amide bonds. The number of cyclic esters (lactones) is 1. The van der Waals surface area contributed by atoms with Gasteiger partial charge in [-0.25, -0.2) is 9.69 Å². The van der Waals surface area contributed by atoms with Gasteiger partial charge in [0.1, 0.15) is 36.5 Å². The van der Waals surface area contributed by atoms with E-state index in [1.165, 1.54) is 7.11 Å². The summed E-state index contributed by atoms with van der Waals surface area (Å²) >= 11 is 0. The molecule has 5 aromatic rings. The molecular weight excluding hydrogens is 901 g/mol. The van der Waals surface area contributed by atoms with Crippen molar-refractivity contribution in [2.75, 3.05) is 75.0 Å². The quantitative estimate of drug-likeness (QED) is 0.0711. The van der Waals surface area contributed by atoms with Crippen molar-refractivity contribution in [3.05, 3.63) is 167 Å². The largest absolute Gasteiger partial charge is 0.491 e. The van der Waals surface area contributed by atoms with E-state index >= 15 is 14.4 Å². The Morgan fingerprint density at radius 3 is 2.23 bits per heavy atom. The van der Waals surface area contributed by atoms with Crippen LogP contribution < -0.4 is 19.9 Å². The van der Waals surface area contributed by atoms with Crippen LogP contribution in [0.3, 0.4) is 0 Å². The molecular formula is C57H56N4O10. The van der Waals surface area contributed by atoms with Crippen LogP contribution in [-0.2, 0) is 38.7 Å². The standard InChI is InChI=1S/C57H56N4O10/c1-67-35-36-70-56(66)60-47-28-19-39(18-17-38-11-5-2-6-12-38)37-46(47)57(55(60)65)48(53(63)58-43-22-24-44(25-23-43)59-29-32-68-33-30-59)50-54(64)71-51(41-15-9-4-10-16-41)49(40-13-7-3-8-14-40)61(50)52(57)42-20-26-45(27-21-42)69-34-31-62/h3-4,7-11,13-16,19-28,37,48-52,62H,2,5-6,12,29-36H2,1H3,(H,58,63)/t48-,49-,50-,51+,52+,57-/m0/s1. The summed E-state index contributed by atoms with van der Waals surface area (Å²) in [7, 11) is 1.48. The van der Waals surface area contributed by atoms with Crippen molar-refractivity contribution in [1.82, 2.24) is 4.90 Å². The van der Waals surface area contributed by atoms with Crippen LogP contribution in [0.15, 0.2) is 139 Å². The van der Waals surface area contributed by atoms with Crippen molar-refractivity contribution < 1.29 is 48.0 Å². The third-order valence-corrected chi connectivity index (χ3v) is 14.2. The topological polar surface area (TPSA) is 156 Å². The van der Waals surface area contributed by atoms with Crippen LogP contribution >= 0.6 is 0 Å². The lowest BCUT2D eigenvalue weighted by Crippen LogP contribution is -2.54. The van der Waals surface area contributed by atoms with Crippen LogP contribution in [0.4, 0.5) is 21.9 Å². The lowest BCUT2D eigenvalue weighted by molar-refractivity contribution is -0.177. The summed E-state index contributed by atoms with van der Waals surface area (Å²) in [6, 6.07) is 35.5. The van der Waals surface area contributed by atoms with Gasteiger partial charge in [-0.3, -0.25) is 19.3 Å². The number of morpholine rings is 2. The van der Waals surface area contributed by atoms with Crippen LogP contribution in [0.1, 0.15) is 71.7 Å². The fourth-order valence-corrected chi connectivity index (χ4v) is 11.1. The third kappa shape index (κ3) is 9.06. The molecule has 6 atom stereocenters. The first-order valence-corrected chi connectivity index (χ1v) is 24.3. The molecule has 5 aliphatic rings. The molecule has 3 saturated heterocycles. The van der Waals surface area contributed by atoms with Gasteiger partial charge >= 0.3 is 12.1 Å². The van der Waals surface area contributed by atoms with Crippen LogP contribution in [0.5, 0.6) is 5.75 Å². The molecule has 2 N–H and O–H groups in total. The van der Waals surface area contributed by atoms with Gasteiger partial charge in [-0.1, -0.05) is 90.7 Å². The Labute approximate surface area is 413 Å². The van der Waals surface area contributed by atoms with Crippen molar-refractivity contribution in [3.8, 4) is 17.6 Å². The SMILES string of the molecule is COCCOC(=O)N1C(=O)[C@@]2(c3cc(C#CC4=CCCCC4)ccc31)[C@H](C(=O)Nc1ccc(N3CCOCC3)cc1)[C@H]1C(=O)O[C@H](c3ccccc3)[C@H](c3ccccc3)N1[C@@H]2c1ccc(OCCO)cc1. The Balaban J connectivity index is 1.23. The normalized spacial score (nSPS) is 23.7. The number of benzene rings is 5. The number of nitrogens with one attached hydrogen (secondary N) is 1. The van der Waals surface area contributed by atoms with E-state index in [9.17, 15) is 9.90 Å². The van der Waals surface area contributed by atoms with E-state index in [4.69, 9.17) is 23.7 Å². The van der Waals surface area contributed by atoms with Crippen molar-refractivity contribution in [2.45, 2.75) is 55.3 Å². The Kier molecular flexibility index (Phi) is 14.0. The number of aliphatic hydroxyl groups excluding tert-OH is 1. The third-order valence-electron chi connectivity index (χ3n) is 14.2. The first-order valence-electron chi connectivity index (χ1n) is 24.3. The van der Waals surface area contributed by atoms with Gasteiger partial charge in [0, 0.05) is 37.1 Å². The smallest absolute Gasteiger partial charge is 0.421 e. The molecule has 0 saturated carbocycles. The maximum atomic E-state index is 16.5. The van der Waals surface area contributed by atoms with Crippen molar-refractivity contribution >= 4 is 40.9 Å². The number of esters is 1. The van der Waals surface area contributed by atoms with E-state index in [1.807, 2.05) is 89.8 Å². The second kappa shape index (κ2) is 21.0. The predicted molar refractivity (Wildman–Crippen MR) is 266 cm³/mol. The number of carbonyl (C=O) groups excluding carboxylic acids is 4. The van der Waals surface area contributed by atoms with Gasteiger partial charge in [-0.2, -0.15) is 0 Å².